The highest BCUT2D eigenvalue weighted by atomic mass is 32.2. The molecule has 3 rings (SSSR count). The molecule has 1 aliphatic heterocycles. The molecule has 1 heterocycles. The average Bonchev–Trinajstić information content (AvgIpc) is 2.74. The Morgan fingerprint density at radius 2 is 1.78 bits per heavy atom. The number of hydrogen-bond acceptors (Lipinski definition) is 5. The highest BCUT2D eigenvalue weighted by Gasteiger charge is 2.27. The van der Waals surface area contributed by atoms with Crippen LogP contribution in [-0.4, -0.2) is 46.7 Å². The van der Waals surface area contributed by atoms with Crippen LogP contribution in [0.4, 0.5) is 15.8 Å². The first-order valence-electron chi connectivity index (χ1n) is 10.7. The summed E-state index contributed by atoms with van der Waals surface area (Å²) in [5.41, 5.74) is 1.65. The molecule has 1 aliphatic rings. The number of nitrogens with one attached hydrogen (secondary N) is 2. The second kappa shape index (κ2) is 10.4. The van der Waals surface area contributed by atoms with Crippen LogP contribution in [0.2, 0.25) is 0 Å². The first-order valence-corrected chi connectivity index (χ1v) is 12.2. The van der Waals surface area contributed by atoms with Crippen molar-refractivity contribution in [2.75, 3.05) is 36.5 Å². The van der Waals surface area contributed by atoms with E-state index in [1.54, 1.807) is 24.3 Å². The van der Waals surface area contributed by atoms with Crippen LogP contribution in [0.25, 0.3) is 0 Å². The molecule has 2 aromatic carbocycles. The maximum Gasteiger partial charge on any atom is 0.242 e. The van der Waals surface area contributed by atoms with Gasteiger partial charge in [0, 0.05) is 18.8 Å². The first kappa shape index (κ1) is 24.2. The second-order valence-electron chi connectivity index (χ2n) is 8.37. The van der Waals surface area contributed by atoms with Gasteiger partial charge < -0.3 is 15.0 Å². The van der Waals surface area contributed by atoms with E-state index in [4.69, 9.17) is 4.74 Å². The summed E-state index contributed by atoms with van der Waals surface area (Å²) >= 11 is 0. The number of hydrogen-bond donors (Lipinski definition) is 2. The molecule has 1 amide bonds. The van der Waals surface area contributed by atoms with Crippen molar-refractivity contribution in [1.29, 1.82) is 0 Å². The van der Waals surface area contributed by atoms with Crippen LogP contribution in [0.15, 0.2) is 47.4 Å². The molecule has 7 nitrogen and oxygen atoms in total. The highest BCUT2D eigenvalue weighted by Crippen LogP contribution is 2.24. The van der Waals surface area contributed by atoms with Gasteiger partial charge >= 0.3 is 0 Å². The van der Waals surface area contributed by atoms with E-state index in [2.05, 4.69) is 10.0 Å². The number of morpholine rings is 1. The molecule has 2 aromatic rings. The number of amides is 1. The predicted octanol–water partition coefficient (Wildman–Crippen LogP) is 3.30. The van der Waals surface area contributed by atoms with Crippen LogP contribution in [0, 0.1) is 18.7 Å². The summed E-state index contributed by atoms with van der Waals surface area (Å²) in [6, 6.07) is 9.89. The van der Waals surface area contributed by atoms with Crippen LogP contribution < -0.4 is 14.9 Å². The van der Waals surface area contributed by atoms with Gasteiger partial charge in [-0.25, -0.2) is 12.8 Å². The van der Waals surface area contributed by atoms with Crippen molar-refractivity contribution < 1.29 is 22.3 Å². The lowest BCUT2D eigenvalue weighted by Crippen LogP contribution is -2.44. The lowest BCUT2D eigenvalue weighted by Gasteiger charge is -2.29. The fourth-order valence-electron chi connectivity index (χ4n) is 3.53. The maximum atomic E-state index is 14.7. The molecule has 0 saturated carbocycles. The number of benzene rings is 2. The van der Waals surface area contributed by atoms with Crippen LogP contribution in [0.3, 0.4) is 0 Å². The molecule has 0 aromatic heterocycles. The van der Waals surface area contributed by atoms with Gasteiger partial charge in [0.25, 0.3) is 0 Å². The molecule has 2 N–H and O–H groups in total. The molecule has 32 heavy (non-hydrogen) atoms. The molecular weight excluding hydrogens is 433 g/mol. The number of carbonyl (C=O) groups is 1. The zero-order chi connectivity index (χ0) is 23.3. The number of rotatable bonds is 8. The molecule has 0 radical (unpaired) electrons. The SMILES string of the molecule is Cc1ccc(S(=O)(=O)NC(CC(C)C)C(=O)Nc2ccc(N3CCOCC3)c(F)c2)cc1. The van der Waals surface area contributed by atoms with E-state index in [1.165, 1.54) is 18.2 Å². The second-order valence-corrected chi connectivity index (χ2v) is 10.1. The van der Waals surface area contributed by atoms with Gasteiger partial charge in [-0.15, -0.1) is 0 Å². The Balaban J connectivity index is 1.74. The number of aryl methyl sites for hydroxylation is 1. The number of carbonyl (C=O) groups excluding carboxylic acids is 1. The third kappa shape index (κ3) is 6.27. The van der Waals surface area contributed by atoms with E-state index in [0.29, 0.717) is 38.4 Å². The Kier molecular flexibility index (Phi) is 7.86. The molecule has 9 heteroatoms. The van der Waals surface area contributed by atoms with E-state index in [0.717, 1.165) is 5.56 Å². The van der Waals surface area contributed by atoms with E-state index < -0.39 is 27.8 Å². The van der Waals surface area contributed by atoms with Crippen molar-refractivity contribution in [2.24, 2.45) is 5.92 Å². The van der Waals surface area contributed by atoms with Gasteiger partial charge in [0.2, 0.25) is 15.9 Å². The van der Waals surface area contributed by atoms with Gasteiger partial charge in [0.1, 0.15) is 11.9 Å². The van der Waals surface area contributed by atoms with Crippen molar-refractivity contribution in [2.45, 2.75) is 38.1 Å². The third-order valence-electron chi connectivity index (χ3n) is 5.22. The predicted molar refractivity (Wildman–Crippen MR) is 123 cm³/mol. The topological polar surface area (TPSA) is 87.7 Å². The number of ether oxygens (including phenoxy) is 1. The minimum absolute atomic E-state index is 0.0619. The minimum Gasteiger partial charge on any atom is -0.378 e. The van der Waals surface area contributed by atoms with E-state index >= 15 is 0 Å². The summed E-state index contributed by atoms with van der Waals surface area (Å²) in [5.74, 6) is -0.926. The summed E-state index contributed by atoms with van der Waals surface area (Å²) in [4.78, 5) is 14.9. The Hall–Kier alpha value is -2.49. The summed E-state index contributed by atoms with van der Waals surface area (Å²) in [7, 11) is -3.89. The van der Waals surface area contributed by atoms with Crippen molar-refractivity contribution in [3.8, 4) is 0 Å². The largest absolute Gasteiger partial charge is 0.378 e. The van der Waals surface area contributed by atoms with Crippen molar-refractivity contribution in [1.82, 2.24) is 4.72 Å². The fourth-order valence-corrected chi connectivity index (χ4v) is 4.74. The number of anilines is 2. The lowest BCUT2D eigenvalue weighted by atomic mass is 10.0. The summed E-state index contributed by atoms with van der Waals surface area (Å²) in [5, 5.41) is 2.65. The van der Waals surface area contributed by atoms with Gasteiger partial charge in [-0.3, -0.25) is 4.79 Å². The van der Waals surface area contributed by atoms with Crippen LogP contribution in [0.1, 0.15) is 25.8 Å². The summed E-state index contributed by atoms with van der Waals surface area (Å²) < 4.78 is 48.1. The molecule has 174 valence electrons. The third-order valence-corrected chi connectivity index (χ3v) is 6.71. The number of halogens is 1. The quantitative estimate of drug-likeness (QED) is 0.627. The van der Waals surface area contributed by atoms with Gasteiger partial charge in [0.05, 0.1) is 23.8 Å². The molecule has 1 atom stereocenters. The van der Waals surface area contributed by atoms with Crippen molar-refractivity contribution in [3.63, 3.8) is 0 Å². The molecule has 0 spiro atoms. The van der Waals surface area contributed by atoms with E-state index in [-0.39, 0.29) is 16.5 Å². The Morgan fingerprint density at radius 3 is 2.38 bits per heavy atom. The van der Waals surface area contributed by atoms with Crippen LogP contribution >= 0.6 is 0 Å². The Bertz CT molecular complexity index is 1040. The van der Waals surface area contributed by atoms with Crippen LogP contribution in [-0.2, 0) is 19.6 Å². The molecule has 0 aliphatic carbocycles. The molecule has 1 fully saturated rings. The Morgan fingerprint density at radius 1 is 1.12 bits per heavy atom. The number of sulfonamides is 1. The van der Waals surface area contributed by atoms with Crippen molar-refractivity contribution >= 4 is 27.3 Å². The monoisotopic (exact) mass is 463 g/mol. The summed E-state index contributed by atoms with van der Waals surface area (Å²) in [6.07, 6.45) is 0.297. The Labute approximate surface area is 189 Å². The zero-order valence-corrected chi connectivity index (χ0v) is 19.4. The van der Waals surface area contributed by atoms with Gasteiger partial charge in [-0.2, -0.15) is 4.72 Å². The minimum atomic E-state index is -3.89. The molecule has 1 saturated heterocycles. The molecular formula is C23H30FN3O4S. The average molecular weight is 464 g/mol. The smallest absolute Gasteiger partial charge is 0.242 e. The van der Waals surface area contributed by atoms with Gasteiger partial charge in [-0.1, -0.05) is 31.5 Å². The molecule has 0 bridgehead atoms. The normalized spacial score (nSPS) is 15.6. The van der Waals surface area contributed by atoms with Gasteiger partial charge in [0.15, 0.2) is 0 Å². The highest BCUT2D eigenvalue weighted by molar-refractivity contribution is 7.89. The maximum absolute atomic E-state index is 14.7. The zero-order valence-electron chi connectivity index (χ0n) is 18.6. The van der Waals surface area contributed by atoms with E-state index in [9.17, 15) is 17.6 Å². The fraction of sp³-hybridized carbons (Fsp3) is 0.435. The van der Waals surface area contributed by atoms with Crippen LogP contribution in [0.5, 0.6) is 0 Å². The lowest BCUT2D eigenvalue weighted by molar-refractivity contribution is -0.118. The van der Waals surface area contributed by atoms with Gasteiger partial charge in [-0.05, 0) is 49.6 Å². The standard InChI is InChI=1S/C23H30FN3O4S/c1-16(2)14-21(26-32(29,30)19-7-4-17(3)5-8-19)23(28)25-18-6-9-22(20(24)15-18)27-10-12-31-13-11-27/h4-9,15-16,21,26H,10-14H2,1-3H3,(H,25,28). The van der Waals surface area contributed by atoms with Crippen molar-refractivity contribution in [3.05, 3.63) is 53.8 Å². The number of nitrogens with zero attached hydrogens (tertiary/aromatic N) is 1. The summed E-state index contributed by atoms with van der Waals surface area (Å²) in [6.45, 7) is 7.93. The first-order chi connectivity index (χ1) is 15.2. The molecule has 1 unspecified atom stereocenters. The van der Waals surface area contributed by atoms with E-state index in [1.807, 2.05) is 25.7 Å².